The molecule has 1 aromatic carbocycles. The van der Waals surface area contributed by atoms with Crippen molar-refractivity contribution in [1.82, 2.24) is 10.6 Å². The van der Waals surface area contributed by atoms with Crippen LogP contribution in [-0.2, 0) is 6.54 Å². The van der Waals surface area contributed by atoms with Crippen LogP contribution in [0.4, 0.5) is 0 Å². The highest BCUT2D eigenvalue weighted by Crippen LogP contribution is 2.02. The van der Waals surface area contributed by atoms with E-state index in [0.717, 1.165) is 25.5 Å². The molecule has 1 rings (SSSR count). The summed E-state index contributed by atoms with van der Waals surface area (Å²) < 4.78 is 0. The normalized spacial score (nSPS) is 10.6. The first-order valence-corrected chi connectivity index (χ1v) is 5.76. The Balaban J connectivity index is 0.00000256. The second-order valence-corrected chi connectivity index (χ2v) is 3.84. The Morgan fingerprint density at radius 2 is 1.82 bits per heavy atom. The van der Waals surface area contributed by atoms with Crippen molar-refractivity contribution >= 4 is 29.9 Å². The fourth-order valence-corrected chi connectivity index (χ4v) is 1.36. The summed E-state index contributed by atoms with van der Waals surface area (Å²) in [4.78, 5) is 4.15. The van der Waals surface area contributed by atoms with Crippen LogP contribution in [0.2, 0.25) is 0 Å². The molecular formula is C13H22IN3. The van der Waals surface area contributed by atoms with Crippen molar-refractivity contribution in [1.29, 1.82) is 0 Å². The predicted octanol–water partition coefficient (Wildman–Crippen LogP) is 2.69. The lowest BCUT2D eigenvalue weighted by Crippen LogP contribution is -2.37. The molecule has 1 aromatic rings. The van der Waals surface area contributed by atoms with Gasteiger partial charge in [-0.1, -0.05) is 36.8 Å². The average Bonchev–Trinajstić information content (AvgIpc) is 2.32. The van der Waals surface area contributed by atoms with Crippen LogP contribution >= 0.6 is 24.0 Å². The van der Waals surface area contributed by atoms with Gasteiger partial charge in [-0.05, 0) is 18.9 Å². The summed E-state index contributed by atoms with van der Waals surface area (Å²) >= 11 is 0. The van der Waals surface area contributed by atoms with Gasteiger partial charge in [0.15, 0.2) is 5.96 Å². The first-order chi connectivity index (χ1) is 7.76. The summed E-state index contributed by atoms with van der Waals surface area (Å²) in [5.74, 6) is 0.863. The quantitative estimate of drug-likeness (QED) is 0.499. The minimum Gasteiger partial charge on any atom is -0.356 e. The molecule has 0 heterocycles. The average molecular weight is 347 g/mol. The monoisotopic (exact) mass is 347 g/mol. The zero-order valence-corrected chi connectivity index (χ0v) is 13.1. The largest absolute Gasteiger partial charge is 0.356 e. The van der Waals surface area contributed by atoms with E-state index in [9.17, 15) is 0 Å². The second kappa shape index (κ2) is 9.27. The third-order valence-electron chi connectivity index (χ3n) is 2.35. The number of benzene rings is 1. The van der Waals surface area contributed by atoms with Crippen LogP contribution in [0.3, 0.4) is 0 Å². The standard InChI is InChI=1S/C13H21N3.HI/c1-4-9-15-13(14-3)16-10-12-7-5-11(2)6-8-12;/h5-8H,4,9-10H2,1-3H3,(H2,14,15,16);1H. The third kappa shape index (κ3) is 6.51. The Labute approximate surface area is 121 Å². The maximum absolute atomic E-state index is 4.15. The molecule has 0 aliphatic carbocycles. The summed E-state index contributed by atoms with van der Waals surface area (Å²) in [6.07, 6.45) is 1.10. The van der Waals surface area contributed by atoms with Gasteiger partial charge in [-0.15, -0.1) is 24.0 Å². The Hall–Kier alpha value is -0.780. The van der Waals surface area contributed by atoms with Crippen molar-refractivity contribution in [3.63, 3.8) is 0 Å². The molecular weight excluding hydrogens is 325 g/mol. The smallest absolute Gasteiger partial charge is 0.191 e. The molecule has 0 radical (unpaired) electrons. The highest BCUT2D eigenvalue weighted by Gasteiger charge is 1.96. The summed E-state index contributed by atoms with van der Waals surface area (Å²) in [7, 11) is 1.79. The summed E-state index contributed by atoms with van der Waals surface area (Å²) in [6, 6.07) is 8.52. The molecule has 0 atom stereocenters. The van der Waals surface area contributed by atoms with E-state index in [1.165, 1.54) is 11.1 Å². The third-order valence-corrected chi connectivity index (χ3v) is 2.35. The topological polar surface area (TPSA) is 36.4 Å². The van der Waals surface area contributed by atoms with E-state index in [-0.39, 0.29) is 24.0 Å². The number of rotatable bonds is 4. The van der Waals surface area contributed by atoms with Gasteiger partial charge >= 0.3 is 0 Å². The fourth-order valence-electron chi connectivity index (χ4n) is 1.36. The fraction of sp³-hybridized carbons (Fsp3) is 0.462. The number of guanidine groups is 1. The first kappa shape index (κ1) is 16.2. The SMILES string of the molecule is CCCNC(=NC)NCc1ccc(C)cc1.I. The molecule has 0 saturated carbocycles. The molecule has 0 saturated heterocycles. The van der Waals surface area contributed by atoms with Crippen molar-refractivity contribution in [3.8, 4) is 0 Å². The first-order valence-electron chi connectivity index (χ1n) is 5.76. The lowest BCUT2D eigenvalue weighted by Gasteiger charge is -2.11. The van der Waals surface area contributed by atoms with Gasteiger partial charge in [0.1, 0.15) is 0 Å². The summed E-state index contributed by atoms with van der Waals surface area (Å²) in [5.41, 5.74) is 2.56. The molecule has 96 valence electrons. The molecule has 0 aromatic heterocycles. The highest BCUT2D eigenvalue weighted by atomic mass is 127. The van der Waals surface area contributed by atoms with Gasteiger partial charge < -0.3 is 10.6 Å². The predicted molar refractivity (Wildman–Crippen MR) is 85.1 cm³/mol. The number of nitrogens with zero attached hydrogens (tertiary/aromatic N) is 1. The molecule has 0 aliphatic heterocycles. The number of aryl methyl sites for hydroxylation is 1. The zero-order valence-electron chi connectivity index (χ0n) is 10.8. The van der Waals surface area contributed by atoms with Gasteiger partial charge in [-0.3, -0.25) is 4.99 Å². The Morgan fingerprint density at radius 1 is 1.18 bits per heavy atom. The van der Waals surface area contributed by atoms with E-state index in [0.29, 0.717) is 0 Å². The van der Waals surface area contributed by atoms with E-state index >= 15 is 0 Å². The molecule has 0 amide bonds. The van der Waals surface area contributed by atoms with Crippen molar-refractivity contribution in [3.05, 3.63) is 35.4 Å². The maximum atomic E-state index is 4.15. The molecule has 2 N–H and O–H groups in total. The van der Waals surface area contributed by atoms with Crippen molar-refractivity contribution in [2.75, 3.05) is 13.6 Å². The molecule has 0 fully saturated rings. The van der Waals surface area contributed by atoms with Gasteiger partial charge in [0, 0.05) is 20.1 Å². The van der Waals surface area contributed by atoms with E-state index in [1.807, 2.05) is 0 Å². The number of hydrogen-bond acceptors (Lipinski definition) is 1. The highest BCUT2D eigenvalue weighted by molar-refractivity contribution is 14.0. The van der Waals surface area contributed by atoms with Crippen molar-refractivity contribution in [2.45, 2.75) is 26.8 Å². The number of aliphatic imine (C=N–C) groups is 1. The molecule has 0 aliphatic rings. The number of nitrogens with one attached hydrogen (secondary N) is 2. The Kier molecular flexibility index (Phi) is 8.85. The van der Waals surface area contributed by atoms with Crippen molar-refractivity contribution < 1.29 is 0 Å². The van der Waals surface area contributed by atoms with E-state index in [1.54, 1.807) is 7.05 Å². The molecule has 3 nitrogen and oxygen atoms in total. The molecule has 4 heteroatoms. The summed E-state index contributed by atoms with van der Waals surface area (Å²) in [6.45, 7) is 6.00. The number of halogens is 1. The van der Waals surface area contributed by atoms with Gasteiger partial charge in [-0.2, -0.15) is 0 Å². The molecule has 0 unspecified atom stereocenters. The summed E-state index contributed by atoms with van der Waals surface area (Å²) in [5, 5.41) is 6.52. The van der Waals surface area contributed by atoms with E-state index in [4.69, 9.17) is 0 Å². The van der Waals surface area contributed by atoms with Crippen LogP contribution in [0, 0.1) is 6.92 Å². The minimum atomic E-state index is 0. The van der Waals surface area contributed by atoms with Crippen molar-refractivity contribution in [2.24, 2.45) is 4.99 Å². The van der Waals surface area contributed by atoms with Crippen LogP contribution < -0.4 is 10.6 Å². The van der Waals surface area contributed by atoms with E-state index < -0.39 is 0 Å². The molecule has 17 heavy (non-hydrogen) atoms. The van der Waals surface area contributed by atoms with Gasteiger partial charge in [0.05, 0.1) is 0 Å². The van der Waals surface area contributed by atoms with Crippen LogP contribution in [0.25, 0.3) is 0 Å². The van der Waals surface area contributed by atoms with Gasteiger partial charge in [0.25, 0.3) is 0 Å². The van der Waals surface area contributed by atoms with Crippen LogP contribution in [-0.4, -0.2) is 19.6 Å². The molecule has 0 spiro atoms. The lowest BCUT2D eigenvalue weighted by atomic mass is 10.1. The lowest BCUT2D eigenvalue weighted by molar-refractivity contribution is 0.781. The van der Waals surface area contributed by atoms with Gasteiger partial charge in [0.2, 0.25) is 0 Å². The molecule has 0 bridgehead atoms. The number of hydrogen-bond donors (Lipinski definition) is 2. The Bertz CT molecular complexity index is 333. The van der Waals surface area contributed by atoms with E-state index in [2.05, 4.69) is 53.7 Å². The van der Waals surface area contributed by atoms with Crippen LogP contribution in [0.1, 0.15) is 24.5 Å². The second-order valence-electron chi connectivity index (χ2n) is 3.84. The Morgan fingerprint density at radius 3 is 2.35 bits per heavy atom. The minimum absolute atomic E-state index is 0. The van der Waals surface area contributed by atoms with Crippen LogP contribution in [0.15, 0.2) is 29.3 Å². The maximum Gasteiger partial charge on any atom is 0.191 e. The zero-order chi connectivity index (χ0) is 11.8. The van der Waals surface area contributed by atoms with Gasteiger partial charge in [-0.25, -0.2) is 0 Å². The van der Waals surface area contributed by atoms with Crippen LogP contribution in [0.5, 0.6) is 0 Å².